The van der Waals surface area contributed by atoms with Gasteiger partial charge in [0.2, 0.25) is 0 Å². The average molecular weight is 455 g/mol. The van der Waals surface area contributed by atoms with Crippen molar-refractivity contribution in [3.63, 3.8) is 0 Å². The second-order valence-electron chi connectivity index (χ2n) is 9.29. The Bertz CT molecular complexity index is 1350. The van der Waals surface area contributed by atoms with Gasteiger partial charge < -0.3 is 10.2 Å². The minimum atomic E-state index is -0.0672. The number of anilines is 1. The molecule has 7 rings (SSSR count). The largest absolute Gasteiger partial charge is 0.367 e. The van der Waals surface area contributed by atoms with Gasteiger partial charge in [0.25, 0.3) is 5.91 Å². The van der Waals surface area contributed by atoms with Gasteiger partial charge >= 0.3 is 0 Å². The van der Waals surface area contributed by atoms with E-state index in [2.05, 4.69) is 32.4 Å². The lowest BCUT2D eigenvalue weighted by Crippen LogP contribution is -2.64. The van der Waals surface area contributed by atoms with Crippen LogP contribution in [0.4, 0.5) is 5.82 Å². The zero-order valence-corrected chi connectivity index (χ0v) is 19.2. The second-order valence-corrected chi connectivity index (χ2v) is 9.29. The van der Waals surface area contributed by atoms with Crippen LogP contribution in [0.5, 0.6) is 0 Å². The third-order valence-electron chi connectivity index (χ3n) is 7.28. The number of carbonyl (C=O) groups is 1. The molecule has 1 unspecified atom stereocenters. The van der Waals surface area contributed by atoms with Crippen molar-refractivity contribution in [2.24, 2.45) is 11.8 Å². The van der Waals surface area contributed by atoms with Crippen molar-refractivity contribution in [1.82, 2.24) is 34.8 Å². The number of amides is 1. The predicted molar refractivity (Wildman–Crippen MR) is 128 cm³/mol. The molecule has 3 aromatic heterocycles. The summed E-state index contributed by atoms with van der Waals surface area (Å²) in [7, 11) is 0. The number of rotatable bonds is 5. The van der Waals surface area contributed by atoms with E-state index in [1.807, 2.05) is 48.2 Å². The van der Waals surface area contributed by atoms with Crippen LogP contribution in [-0.4, -0.2) is 59.4 Å². The molecule has 2 aliphatic heterocycles. The molecule has 4 aromatic rings. The van der Waals surface area contributed by atoms with Gasteiger partial charge in [-0.2, -0.15) is 10.2 Å². The van der Waals surface area contributed by atoms with Gasteiger partial charge in [0.05, 0.1) is 35.7 Å². The summed E-state index contributed by atoms with van der Waals surface area (Å²) >= 11 is 0. The van der Waals surface area contributed by atoms with Crippen LogP contribution in [0.15, 0.2) is 55.0 Å². The number of nitrogens with zero attached hydrogens (tertiary/aromatic N) is 7. The third-order valence-corrected chi connectivity index (χ3v) is 7.28. The highest BCUT2D eigenvalue weighted by atomic mass is 16.2. The Morgan fingerprint density at radius 2 is 1.82 bits per heavy atom. The lowest BCUT2D eigenvalue weighted by atomic mass is 9.64. The predicted octanol–water partition coefficient (Wildman–Crippen LogP) is 3.27. The lowest BCUT2D eigenvalue weighted by molar-refractivity contribution is -0.0505. The molecule has 3 fully saturated rings. The number of fused-ring (bicyclic) bond motifs is 3. The molecule has 1 N–H and O–H groups in total. The first-order chi connectivity index (χ1) is 16.6. The van der Waals surface area contributed by atoms with Crippen molar-refractivity contribution in [2.45, 2.75) is 38.8 Å². The van der Waals surface area contributed by atoms with E-state index < -0.39 is 0 Å². The van der Waals surface area contributed by atoms with Gasteiger partial charge in [0.15, 0.2) is 5.69 Å². The molecule has 3 aliphatic rings. The molecule has 2 atom stereocenters. The van der Waals surface area contributed by atoms with Crippen molar-refractivity contribution >= 4 is 22.8 Å². The van der Waals surface area contributed by atoms with E-state index in [9.17, 15) is 4.79 Å². The fraction of sp³-hybridized carbons (Fsp3) is 0.360. The van der Waals surface area contributed by atoms with Gasteiger partial charge in [0, 0.05) is 18.3 Å². The summed E-state index contributed by atoms with van der Waals surface area (Å²) in [5, 5.41) is 11.9. The summed E-state index contributed by atoms with van der Waals surface area (Å²) in [6, 6.07) is 11.8. The van der Waals surface area contributed by atoms with Crippen LogP contribution in [-0.2, 0) is 0 Å². The zero-order chi connectivity index (χ0) is 23.2. The number of nitrogens with one attached hydrogen (secondary N) is 1. The van der Waals surface area contributed by atoms with Crippen LogP contribution in [0.2, 0.25) is 0 Å². The number of aromatic nitrogens is 6. The summed E-state index contributed by atoms with van der Waals surface area (Å²) in [5.41, 5.74) is 3.49. The van der Waals surface area contributed by atoms with Gasteiger partial charge in [-0.3, -0.25) is 9.78 Å². The van der Waals surface area contributed by atoms with E-state index in [4.69, 9.17) is 4.98 Å². The fourth-order valence-electron chi connectivity index (χ4n) is 5.31. The SMILES string of the molecule is Cc1ccc(-n2nccn2)c(C(=O)N2C3CC(C3)[C@@H](C)C2CNc2cnc3ccccc3n2)n1. The smallest absolute Gasteiger partial charge is 0.275 e. The molecule has 1 amide bonds. The molecule has 0 radical (unpaired) electrons. The Labute approximate surface area is 197 Å². The zero-order valence-electron chi connectivity index (χ0n) is 19.2. The highest BCUT2D eigenvalue weighted by Crippen LogP contribution is 2.47. The molecular weight excluding hydrogens is 428 g/mol. The molecule has 9 nitrogen and oxygen atoms in total. The van der Waals surface area contributed by atoms with E-state index in [1.54, 1.807) is 18.6 Å². The molecule has 2 bridgehead atoms. The van der Waals surface area contributed by atoms with Crippen LogP contribution in [0, 0.1) is 18.8 Å². The Balaban J connectivity index is 1.30. The number of benzene rings is 1. The Morgan fingerprint density at radius 1 is 1.06 bits per heavy atom. The number of pyridine rings is 1. The number of aryl methyl sites for hydroxylation is 1. The third kappa shape index (κ3) is 3.48. The van der Waals surface area contributed by atoms with E-state index >= 15 is 0 Å². The Morgan fingerprint density at radius 3 is 2.62 bits per heavy atom. The van der Waals surface area contributed by atoms with Gasteiger partial charge in [0.1, 0.15) is 11.5 Å². The maximum absolute atomic E-state index is 14.0. The number of hydrogen-bond donors (Lipinski definition) is 1. The van der Waals surface area contributed by atoms with E-state index in [-0.39, 0.29) is 18.0 Å². The van der Waals surface area contributed by atoms with Crippen LogP contribution in [0.25, 0.3) is 16.7 Å². The molecule has 1 aliphatic carbocycles. The monoisotopic (exact) mass is 454 g/mol. The minimum absolute atomic E-state index is 0.0269. The van der Waals surface area contributed by atoms with Crippen LogP contribution < -0.4 is 5.32 Å². The van der Waals surface area contributed by atoms with Gasteiger partial charge in [-0.15, -0.1) is 4.80 Å². The summed E-state index contributed by atoms with van der Waals surface area (Å²) in [6.45, 7) is 4.75. The molecule has 1 aromatic carbocycles. The first-order valence-electron chi connectivity index (χ1n) is 11.7. The number of carbonyl (C=O) groups excluding carboxylic acids is 1. The standard InChI is InChI=1S/C25H26N8O/c1-15-7-8-21(33-28-9-10-29-33)24(30-15)25(34)32-18-11-17(12-18)16(2)22(32)13-27-23-14-26-19-5-3-4-6-20(19)31-23/h3-10,14,16-18,22H,11-13H2,1-2H3,(H,27,31)/t16-,17?,18?,22?/m1/s1. The van der Waals surface area contributed by atoms with Crippen LogP contribution >= 0.6 is 0 Å². The molecule has 5 heterocycles. The molecule has 2 saturated heterocycles. The molecule has 9 heteroatoms. The fourth-order valence-corrected chi connectivity index (χ4v) is 5.31. The maximum atomic E-state index is 14.0. The van der Waals surface area contributed by atoms with Crippen molar-refractivity contribution in [3.05, 3.63) is 66.4 Å². The van der Waals surface area contributed by atoms with E-state index in [0.717, 1.165) is 29.6 Å². The molecule has 34 heavy (non-hydrogen) atoms. The lowest BCUT2D eigenvalue weighted by Gasteiger charge is -2.57. The minimum Gasteiger partial charge on any atom is -0.367 e. The average Bonchev–Trinajstić information content (AvgIpc) is 3.36. The molecule has 172 valence electrons. The van der Waals surface area contributed by atoms with Crippen molar-refractivity contribution in [1.29, 1.82) is 0 Å². The van der Waals surface area contributed by atoms with Gasteiger partial charge in [-0.1, -0.05) is 19.1 Å². The Hall–Kier alpha value is -3.88. The van der Waals surface area contributed by atoms with E-state index in [1.165, 1.54) is 4.80 Å². The summed E-state index contributed by atoms with van der Waals surface area (Å²) in [4.78, 5) is 31.3. The molecular formula is C25H26N8O. The van der Waals surface area contributed by atoms with Crippen LogP contribution in [0.3, 0.4) is 0 Å². The second kappa shape index (κ2) is 8.16. The molecule has 1 saturated carbocycles. The number of hydrogen-bond acceptors (Lipinski definition) is 7. The first kappa shape index (κ1) is 20.7. The van der Waals surface area contributed by atoms with Crippen LogP contribution in [0.1, 0.15) is 35.9 Å². The summed E-state index contributed by atoms with van der Waals surface area (Å²) in [6.07, 6.45) is 7.04. The van der Waals surface area contributed by atoms with Crippen molar-refractivity contribution < 1.29 is 4.79 Å². The quantitative estimate of drug-likeness (QED) is 0.494. The van der Waals surface area contributed by atoms with Gasteiger partial charge in [-0.05, 0) is 55.9 Å². The maximum Gasteiger partial charge on any atom is 0.275 e. The first-order valence-corrected chi connectivity index (χ1v) is 11.7. The number of para-hydroxylation sites is 2. The Kier molecular flexibility index (Phi) is 4.97. The highest BCUT2D eigenvalue weighted by Gasteiger charge is 2.51. The van der Waals surface area contributed by atoms with Crippen molar-refractivity contribution in [2.75, 3.05) is 11.9 Å². The highest BCUT2D eigenvalue weighted by molar-refractivity contribution is 5.96. The number of piperidine rings is 2. The summed E-state index contributed by atoms with van der Waals surface area (Å²) < 4.78 is 0. The van der Waals surface area contributed by atoms with E-state index in [0.29, 0.717) is 35.6 Å². The summed E-state index contributed by atoms with van der Waals surface area (Å²) in [5.74, 6) is 1.65. The van der Waals surface area contributed by atoms with Gasteiger partial charge in [-0.25, -0.2) is 9.97 Å². The topological polar surface area (TPSA) is 102 Å². The van der Waals surface area contributed by atoms with Crippen molar-refractivity contribution in [3.8, 4) is 5.69 Å². The normalized spacial score (nSPS) is 23.5. The molecule has 0 spiro atoms.